The minimum atomic E-state index is 0.538. The zero-order valence-electron chi connectivity index (χ0n) is 21.9. The van der Waals surface area contributed by atoms with E-state index in [9.17, 15) is 0 Å². The molecule has 0 spiro atoms. The van der Waals surface area contributed by atoms with Gasteiger partial charge in [-0.15, -0.1) is 0 Å². The third kappa shape index (κ3) is 10.2. The molecule has 1 nitrogen and oxygen atoms in total. The second kappa shape index (κ2) is 14.9. The van der Waals surface area contributed by atoms with E-state index in [-0.39, 0.29) is 0 Å². The largest absolute Gasteiger partial charge is 0.360 e. The summed E-state index contributed by atoms with van der Waals surface area (Å²) in [6.45, 7) is 24.1. The molecule has 2 aromatic rings. The minimum Gasteiger partial charge on any atom is -0.360 e. The van der Waals surface area contributed by atoms with Crippen molar-refractivity contribution in [3.05, 3.63) is 78.0 Å². The van der Waals surface area contributed by atoms with Gasteiger partial charge in [-0.05, 0) is 54.4 Å². The van der Waals surface area contributed by atoms with Crippen LogP contribution in [0.1, 0.15) is 92.2 Å². The molecule has 31 heavy (non-hydrogen) atoms. The maximum absolute atomic E-state index is 3.77. The predicted molar refractivity (Wildman–Crippen MR) is 143 cm³/mol. The molecule has 0 unspecified atom stereocenters. The Morgan fingerprint density at radius 1 is 0.774 bits per heavy atom. The van der Waals surface area contributed by atoms with E-state index in [0.717, 1.165) is 17.8 Å². The van der Waals surface area contributed by atoms with Crippen molar-refractivity contribution in [2.24, 2.45) is 10.8 Å². The summed E-state index contributed by atoms with van der Waals surface area (Å²) in [5.41, 5.74) is 5.82. The Morgan fingerprint density at radius 2 is 1.26 bits per heavy atom. The van der Waals surface area contributed by atoms with Gasteiger partial charge in [0, 0.05) is 11.4 Å². The van der Waals surface area contributed by atoms with E-state index in [4.69, 9.17) is 0 Å². The highest BCUT2D eigenvalue weighted by atomic mass is 14.9. The zero-order valence-corrected chi connectivity index (χ0v) is 21.9. The maximum atomic E-state index is 3.77. The summed E-state index contributed by atoms with van der Waals surface area (Å²) in [6, 6.07) is 18.7. The van der Waals surface area contributed by atoms with Gasteiger partial charge in [-0.2, -0.15) is 0 Å². The van der Waals surface area contributed by atoms with Crippen molar-refractivity contribution in [1.29, 1.82) is 0 Å². The van der Waals surface area contributed by atoms with Crippen molar-refractivity contribution in [1.82, 2.24) is 0 Å². The van der Waals surface area contributed by atoms with Gasteiger partial charge in [0.1, 0.15) is 0 Å². The van der Waals surface area contributed by atoms with Crippen molar-refractivity contribution in [2.75, 3.05) is 5.32 Å². The van der Waals surface area contributed by atoms with Crippen LogP contribution >= 0.6 is 0 Å². The van der Waals surface area contributed by atoms with E-state index >= 15 is 0 Å². The number of hydrogen-bond acceptors (Lipinski definition) is 1. The fraction of sp³-hybridized carbons (Fsp3) is 0.533. The molecule has 0 atom stereocenters. The number of anilines is 1. The molecule has 2 aromatic carbocycles. The molecule has 2 rings (SSSR count). The first-order valence-corrected chi connectivity index (χ1v) is 12.1. The second-order valence-electron chi connectivity index (χ2n) is 9.15. The summed E-state index contributed by atoms with van der Waals surface area (Å²) in [7, 11) is 0. The van der Waals surface area contributed by atoms with E-state index in [1.54, 1.807) is 0 Å². The Balaban J connectivity index is 0.000000443. The molecule has 0 bridgehead atoms. The van der Waals surface area contributed by atoms with Gasteiger partial charge < -0.3 is 5.32 Å². The van der Waals surface area contributed by atoms with Gasteiger partial charge in [-0.25, -0.2) is 0 Å². The number of aryl methyl sites for hydroxylation is 2. The first-order chi connectivity index (χ1) is 14.6. The molecule has 0 heterocycles. The molecule has 0 aromatic heterocycles. The number of benzene rings is 2. The van der Waals surface area contributed by atoms with E-state index in [1.165, 1.54) is 36.8 Å². The summed E-state index contributed by atoms with van der Waals surface area (Å²) in [4.78, 5) is 0. The summed E-state index contributed by atoms with van der Waals surface area (Å²) < 4.78 is 0. The first kappa shape index (κ1) is 29.0. The van der Waals surface area contributed by atoms with Crippen LogP contribution in [0.4, 0.5) is 5.69 Å². The fourth-order valence-electron chi connectivity index (χ4n) is 3.89. The van der Waals surface area contributed by atoms with E-state index < -0.39 is 0 Å². The second-order valence-corrected chi connectivity index (χ2v) is 9.15. The van der Waals surface area contributed by atoms with Gasteiger partial charge >= 0.3 is 0 Å². The number of allylic oxidation sites excluding steroid dienone is 1. The van der Waals surface area contributed by atoms with Crippen LogP contribution in [0, 0.1) is 17.8 Å². The van der Waals surface area contributed by atoms with Crippen molar-refractivity contribution in [3.8, 4) is 0 Å². The van der Waals surface area contributed by atoms with Gasteiger partial charge in [0.15, 0.2) is 0 Å². The summed E-state index contributed by atoms with van der Waals surface area (Å²) in [6.07, 6.45) is 6.37. The van der Waals surface area contributed by atoms with Crippen molar-refractivity contribution < 1.29 is 0 Å². The SMILES string of the molecule is C=C(C)Nc1cccc(C)c1.CCC(C)(CC)C(C)(CC)CC.CCc1ccccc1. The van der Waals surface area contributed by atoms with E-state index in [2.05, 4.69) is 104 Å². The Morgan fingerprint density at radius 3 is 1.58 bits per heavy atom. The van der Waals surface area contributed by atoms with Crippen LogP contribution in [-0.2, 0) is 6.42 Å². The predicted octanol–water partition coefficient (Wildman–Crippen LogP) is 9.83. The van der Waals surface area contributed by atoms with Crippen LogP contribution in [0.3, 0.4) is 0 Å². The van der Waals surface area contributed by atoms with Gasteiger partial charge in [0.2, 0.25) is 0 Å². The molecule has 0 amide bonds. The van der Waals surface area contributed by atoms with E-state index in [1.807, 2.05) is 25.1 Å². The zero-order chi connectivity index (χ0) is 23.9. The van der Waals surface area contributed by atoms with Gasteiger partial charge in [0.05, 0.1) is 0 Å². The molecule has 1 heteroatoms. The highest BCUT2D eigenvalue weighted by Gasteiger charge is 2.38. The molecule has 0 aliphatic heterocycles. The lowest BCUT2D eigenvalue weighted by atomic mass is 9.60. The lowest BCUT2D eigenvalue weighted by Crippen LogP contribution is -2.35. The molecule has 0 aliphatic rings. The van der Waals surface area contributed by atoms with Crippen molar-refractivity contribution in [2.45, 2.75) is 94.4 Å². The highest BCUT2D eigenvalue weighted by Crippen LogP contribution is 2.48. The number of rotatable bonds is 8. The third-order valence-electron chi connectivity index (χ3n) is 7.21. The van der Waals surface area contributed by atoms with Crippen molar-refractivity contribution in [3.63, 3.8) is 0 Å². The summed E-state index contributed by atoms with van der Waals surface area (Å²) in [5.74, 6) is 0. The normalized spacial score (nSPS) is 10.9. The molecule has 0 saturated carbocycles. The quantitative estimate of drug-likeness (QED) is 0.445. The molecule has 0 radical (unpaired) electrons. The van der Waals surface area contributed by atoms with Crippen LogP contribution in [0.25, 0.3) is 0 Å². The average molecular weight is 424 g/mol. The van der Waals surface area contributed by atoms with Crippen LogP contribution in [0.5, 0.6) is 0 Å². The number of hydrogen-bond donors (Lipinski definition) is 1. The fourth-order valence-corrected chi connectivity index (χ4v) is 3.89. The van der Waals surface area contributed by atoms with Crippen LogP contribution in [0.15, 0.2) is 66.9 Å². The maximum Gasteiger partial charge on any atom is 0.0384 e. The van der Waals surface area contributed by atoms with E-state index in [0.29, 0.717) is 10.8 Å². The molecule has 0 aliphatic carbocycles. The summed E-state index contributed by atoms with van der Waals surface area (Å²) in [5, 5.41) is 3.15. The molecule has 0 saturated heterocycles. The molecular formula is C30H49N. The first-order valence-electron chi connectivity index (χ1n) is 12.1. The topological polar surface area (TPSA) is 12.0 Å². The molecular weight excluding hydrogens is 374 g/mol. The number of nitrogens with one attached hydrogen (secondary N) is 1. The monoisotopic (exact) mass is 423 g/mol. The Bertz CT molecular complexity index is 705. The van der Waals surface area contributed by atoms with Gasteiger partial charge in [0.25, 0.3) is 0 Å². The van der Waals surface area contributed by atoms with Gasteiger partial charge in [-0.1, -0.05) is 123 Å². The Kier molecular flexibility index (Phi) is 13.9. The summed E-state index contributed by atoms with van der Waals surface area (Å²) >= 11 is 0. The van der Waals surface area contributed by atoms with Crippen LogP contribution in [0.2, 0.25) is 0 Å². The molecule has 174 valence electrons. The highest BCUT2D eigenvalue weighted by molar-refractivity contribution is 5.48. The molecule has 0 fully saturated rings. The third-order valence-corrected chi connectivity index (χ3v) is 7.21. The lowest BCUT2D eigenvalue weighted by Gasteiger charge is -2.45. The standard InChI is InChI=1S/C12H26.C10H13N.C8H10/c1-7-11(5,8-2)12(6,9-3)10-4;1-8(2)11-10-6-4-5-9(3)7-10;1-2-8-6-4-3-5-7-8/h7-10H2,1-6H3;4-7,11H,1H2,2-3H3;3-7H,2H2,1H3. The lowest BCUT2D eigenvalue weighted by molar-refractivity contribution is 0.0500. The smallest absolute Gasteiger partial charge is 0.0384 e. The molecule has 1 N–H and O–H groups in total. The van der Waals surface area contributed by atoms with Crippen LogP contribution < -0.4 is 5.32 Å². The average Bonchev–Trinajstić information content (AvgIpc) is 2.78. The van der Waals surface area contributed by atoms with Gasteiger partial charge in [-0.3, -0.25) is 0 Å². The van der Waals surface area contributed by atoms with Crippen molar-refractivity contribution >= 4 is 5.69 Å². The Labute approximate surface area is 194 Å². The minimum absolute atomic E-state index is 0.538. The van der Waals surface area contributed by atoms with Crippen LogP contribution in [-0.4, -0.2) is 0 Å². The Hall–Kier alpha value is -2.02.